The van der Waals surface area contributed by atoms with Gasteiger partial charge in [-0.25, -0.2) is 4.79 Å². The molecule has 23 heavy (non-hydrogen) atoms. The molecule has 1 aliphatic heterocycles. The second kappa shape index (κ2) is 8.29. The first-order chi connectivity index (χ1) is 10.6. The van der Waals surface area contributed by atoms with Gasteiger partial charge in [0, 0.05) is 6.54 Å². The van der Waals surface area contributed by atoms with Gasteiger partial charge in [-0.05, 0) is 31.1 Å². The van der Waals surface area contributed by atoms with Crippen LogP contribution < -0.4 is 11.1 Å². The zero-order valence-corrected chi connectivity index (χ0v) is 14.4. The van der Waals surface area contributed by atoms with Gasteiger partial charge < -0.3 is 21.1 Å². The van der Waals surface area contributed by atoms with Crippen LogP contribution in [0.4, 0.5) is 0 Å². The summed E-state index contributed by atoms with van der Waals surface area (Å²) in [4.78, 5) is 37.5. The number of nitrogens with one attached hydrogen (secondary N) is 1. The molecule has 7 heteroatoms. The second-order valence-corrected chi connectivity index (χ2v) is 6.99. The van der Waals surface area contributed by atoms with E-state index in [1.807, 2.05) is 27.7 Å². The lowest BCUT2D eigenvalue weighted by molar-refractivity contribution is -0.150. The third-order valence-electron chi connectivity index (χ3n) is 4.11. The van der Waals surface area contributed by atoms with Crippen LogP contribution in [-0.2, 0) is 14.4 Å². The highest BCUT2D eigenvalue weighted by atomic mass is 16.4. The molecule has 0 aromatic carbocycles. The summed E-state index contributed by atoms with van der Waals surface area (Å²) >= 11 is 0. The Morgan fingerprint density at radius 1 is 1.26 bits per heavy atom. The molecule has 1 saturated heterocycles. The molecule has 0 unspecified atom stereocenters. The van der Waals surface area contributed by atoms with E-state index in [9.17, 15) is 19.5 Å². The molecule has 0 saturated carbocycles. The van der Waals surface area contributed by atoms with E-state index in [2.05, 4.69) is 5.32 Å². The first-order valence-electron chi connectivity index (χ1n) is 8.24. The van der Waals surface area contributed by atoms with Crippen LogP contribution in [0.25, 0.3) is 0 Å². The van der Waals surface area contributed by atoms with Gasteiger partial charge >= 0.3 is 5.97 Å². The molecule has 0 aromatic rings. The molecule has 0 bridgehead atoms. The lowest BCUT2D eigenvalue weighted by Crippen LogP contribution is -2.56. The SMILES string of the molecule is CC(C)C[C@H](N)C(=O)N[C@H](C(=O)N1CCC[C@@H]1C(=O)O)C(C)C. The van der Waals surface area contributed by atoms with E-state index in [1.165, 1.54) is 4.90 Å². The third-order valence-corrected chi connectivity index (χ3v) is 4.11. The van der Waals surface area contributed by atoms with E-state index in [0.717, 1.165) is 0 Å². The molecule has 4 N–H and O–H groups in total. The first-order valence-corrected chi connectivity index (χ1v) is 8.24. The number of hydrogen-bond acceptors (Lipinski definition) is 4. The molecular weight excluding hydrogens is 298 g/mol. The summed E-state index contributed by atoms with van der Waals surface area (Å²) in [5, 5.41) is 11.9. The fourth-order valence-electron chi connectivity index (χ4n) is 2.85. The number of carboxylic acid groups (broad SMARTS) is 1. The Hall–Kier alpha value is -1.63. The maximum absolute atomic E-state index is 12.7. The minimum Gasteiger partial charge on any atom is -0.480 e. The number of nitrogens with two attached hydrogens (primary N) is 1. The molecule has 132 valence electrons. The normalized spacial score (nSPS) is 20.7. The maximum Gasteiger partial charge on any atom is 0.326 e. The van der Waals surface area contributed by atoms with E-state index in [1.54, 1.807) is 0 Å². The number of hydrogen-bond donors (Lipinski definition) is 3. The zero-order valence-electron chi connectivity index (χ0n) is 14.4. The molecule has 7 nitrogen and oxygen atoms in total. The number of carbonyl (C=O) groups is 3. The van der Waals surface area contributed by atoms with Gasteiger partial charge in [0.1, 0.15) is 12.1 Å². The Kier molecular flexibility index (Phi) is 7.00. The van der Waals surface area contributed by atoms with Crippen molar-refractivity contribution in [1.29, 1.82) is 0 Å². The highest BCUT2D eigenvalue weighted by Gasteiger charge is 2.38. The summed E-state index contributed by atoms with van der Waals surface area (Å²) in [6.07, 6.45) is 1.65. The van der Waals surface area contributed by atoms with E-state index < -0.39 is 24.1 Å². The van der Waals surface area contributed by atoms with Crippen molar-refractivity contribution in [2.45, 2.75) is 65.1 Å². The van der Waals surface area contributed by atoms with Crippen LogP contribution in [0, 0.1) is 11.8 Å². The third kappa shape index (κ3) is 5.20. The summed E-state index contributed by atoms with van der Waals surface area (Å²) in [7, 11) is 0. The maximum atomic E-state index is 12.7. The Bertz CT molecular complexity index is 451. The minimum absolute atomic E-state index is 0.146. The van der Waals surface area contributed by atoms with Gasteiger partial charge in [-0.2, -0.15) is 0 Å². The summed E-state index contributed by atoms with van der Waals surface area (Å²) in [5.41, 5.74) is 5.86. The molecule has 2 amide bonds. The number of carboxylic acids is 1. The molecule has 0 aliphatic carbocycles. The van der Waals surface area contributed by atoms with Gasteiger partial charge in [-0.15, -0.1) is 0 Å². The number of nitrogens with zero attached hydrogens (tertiary/aromatic N) is 1. The van der Waals surface area contributed by atoms with Gasteiger partial charge in [0.2, 0.25) is 11.8 Å². The predicted octanol–water partition coefficient (Wildman–Crippen LogP) is 0.576. The monoisotopic (exact) mass is 327 g/mol. The molecule has 1 fully saturated rings. The standard InChI is InChI=1S/C16H29N3O4/c1-9(2)8-11(17)14(20)18-13(10(3)4)15(21)19-7-5-6-12(19)16(22)23/h9-13H,5-8,17H2,1-4H3,(H,18,20)(H,22,23)/t11-,12+,13-/m0/s1. The van der Waals surface area contributed by atoms with Crippen LogP contribution >= 0.6 is 0 Å². The average Bonchev–Trinajstić information content (AvgIpc) is 2.92. The van der Waals surface area contributed by atoms with E-state index >= 15 is 0 Å². The minimum atomic E-state index is -0.999. The largest absolute Gasteiger partial charge is 0.480 e. The van der Waals surface area contributed by atoms with Crippen molar-refractivity contribution < 1.29 is 19.5 Å². The highest BCUT2D eigenvalue weighted by Crippen LogP contribution is 2.20. The zero-order chi connectivity index (χ0) is 17.7. The Balaban J connectivity index is 2.80. The average molecular weight is 327 g/mol. The van der Waals surface area contributed by atoms with Crippen molar-refractivity contribution in [3.05, 3.63) is 0 Å². The van der Waals surface area contributed by atoms with Crippen LogP contribution in [0.2, 0.25) is 0 Å². The van der Waals surface area contributed by atoms with Crippen molar-refractivity contribution in [3.63, 3.8) is 0 Å². The number of likely N-dealkylation sites (tertiary alicyclic amines) is 1. The van der Waals surface area contributed by atoms with Crippen LogP contribution in [0.1, 0.15) is 47.0 Å². The Labute approximate surface area is 137 Å². The molecule has 3 atom stereocenters. The smallest absolute Gasteiger partial charge is 0.326 e. The van der Waals surface area contributed by atoms with Crippen molar-refractivity contribution in [2.24, 2.45) is 17.6 Å². The molecule has 0 aromatic heterocycles. The molecular formula is C16H29N3O4. The number of carbonyl (C=O) groups excluding carboxylic acids is 2. The van der Waals surface area contributed by atoms with Crippen molar-refractivity contribution in [2.75, 3.05) is 6.54 Å². The number of amides is 2. The second-order valence-electron chi connectivity index (χ2n) is 6.99. The molecule has 1 heterocycles. The molecule has 1 rings (SSSR count). The number of aliphatic carboxylic acids is 1. The fourth-order valence-corrected chi connectivity index (χ4v) is 2.85. The van der Waals surface area contributed by atoms with Crippen molar-refractivity contribution >= 4 is 17.8 Å². The number of rotatable bonds is 7. The van der Waals surface area contributed by atoms with Gasteiger partial charge in [0.25, 0.3) is 0 Å². The van der Waals surface area contributed by atoms with Crippen LogP contribution in [0.3, 0.4) is 0 Å². The lowest BCUT2D eigenvalue weighted by Gasteiger charge is -2.30. The van der Waals surface area contributed by atoms with Crippen molar-refractivity contribution in [1.82, 2.24) is 10.2 Å². The van der Waals surface area contributed by atoms with Crippen LogP contribution in [-0.4, -0.2) is 52.5 Å². The van der Waals surface area contributed by atoms with Crippen LogP contribution in [0.15, 0.2) is 0 Å². The first kappa shape index (κ1) is 19.4. The predicted molar refractivity (Wildman–Crippen MR) is 86.6 cm³/mol. The summed E-state index contributed by atoms with van der Waals surface area (Å²) in [5.74, 6) is -1.57. The quantitative estimate of drug-likeness (QED) is 0.633. The lowest BCUT2D eigenvalue weighted by atomic mass is 10.00. The summed E-state index contributed by atoms with van der Waals surface area (Å²) in [6.45, 7) is 8.00. The van der Waals surface area contributed by atoms with Crippen molar-refractivity contribution in [3.8, 4) is 0 Å². The molecule has 0 radical (unpaired) electrons. The van der Waals surface area contributed by atoms with Gasteiger partial charge in [-0.3, -0.25) is 9.59 Å². The summed E-state index contributed by atoms with van der Waals surface area (Å²) < 4.78 is 0. The topological polar surface area (TPSA) is 113 Å². The molecule has 1 aliphatic rings. The van der Waals surface area contributed by atoms with E-state index in [-0.39, 0.29) is 23.7 Å². The fraction of sp³-hybridized carbons (Fsp3) is 0.812. The highest BCUT2D eigenvalue weighted by molar-refractivity contribution is 5.92. The molecule has 0 spiro atoms. The Morgan fingerprint density at radius 3 is 2.35 bits per heavy atom. The van der Waals surface area contributed by atoms with E-state index in [4.69, 9.17) is 5.73 Å². The Morgan fingerprint density at radius 2 is 1.87 bits per heavy atom. The summed E-state index contributed by atoms with van der Waals surface area (Å²) in [6, 6.07) is -2.22. The van der Waals surface area contributed by atoms with Gasteiger partial charge in [0.05, 0.1) is 6.04 Å². The van der Waals surface area contributed by atoms with Crippen LogP contribution in [0.5, 0.6) is 0 Å². The van der Waals surface area contributed by atoms with E-state index in [0.29, 0.717) is 25.8 Å². The van der Waals surface area contributed by atoms with Gasteiger partial charge in [-0.1, -0.05) is 27.7 Å². The van der Waals surface area contributed by atoms with Gasteiger partial charge in [0.15, 0.2) is 0 Å².